The van der Waals surface area contributed by atoms with Gasteiger partial charge in [-0.15, -0.1) is 11.8 Å². The molecule has 1 saturated heterocycles. The molecule has 2 aromatic carbocycles. The van der Waals surface area contributed by atoms with Crippen LogP contribution < -0.4 is 4.90 Å². The Morgan fingerprint density at radius 1 is 1.20 bits per heavy atom. The first-order chi connectivity index (χ1) is 16.9. The van der Waals surface area contributed by atoms with E-state index >= 15 is 0 Å². The van der Waals surface area contributed by atoms with Crippen LogP contribution in [0.3, 0.4) is 0 Å². The number of nitrogens with zero attached hydrogens (tertiary/aromatic N) is 3. The van der Waals surface area contributed by atoms with Crippen molar-refractivity contribution in [3.8, 4) is 0 Å². The summed E-state index contributed by atoms with van der Waals surface area (Å²) >= 11 is 7.63. The first kappa shape index (κ1) is 23.7. The zero-order valence-corrected chi connectivity index (χ0v) is 20.5. The maximum Gasteiger partial charge on any atom is 0.410 e. The molecule has 10 heteroatoms. The van der Waals surface area contributed by atoms with Crippen molar-refractivity contribution >= 4 is 47.1 Å². The molecule has 1 fully saturated rings. The molecule has 2 aromatic rings. The number of fused-ring (bicyclic) bond motifs is 2. The summed E-state index contributed by atoms with van der Waals surface area (Å²) in [6, 6.07) is 12.1. The van der Waals surface area contributed by atoms with Gasteiger partial charge in [0.05, 0.1) is 30.1 Å². The molecule has 7 nitrogen and oxygen atoms in total. The molecule has 3 aliphatic heterocycles. The third kappa shape index (κ3) is 4.38. The third-order valence-electron chi connectivity index (χ3n) is 6.35. The van der Waals surface area contributed by atoms with Gasteiger partial charge in [-0.25, -0.2) is 18.9 Å². The second kappa shape index (κ2) is 9.54. The van der Waals surface area contributed by atoms with E-state index in [2.05, 4.69) is 0 Å². The molecule has 0 bridgehead atoms. The maximum absolute atomic E-state index is 13.7. The maximum atomic E-state index is 13.7. The van der Waals surface area contributed by atoms with E-state index in [9.17, 15) is 18.8 Å². The van der Waals surface area contributed by atoms with Gasteiger partial charge in [-0.1, -0.05) is 23.7 Å². The van der Waals surface area contributed by atoms with Gasteiger partial charge in [0.2, 0.25) is 5.91 Å². The van der Waals surface area contributed by atoms with Crippen molar-refractivity contribution in [2.45, 2.75) is 25.3 Å². The molecular formula is C25H23ClFN3O4S. The number of urea groups is 1. The normalized spacial score (nSPS) is 21.9. The quantitative estimate of drug-likeness (QED) is 0.556. The van der Waals surface area contributed by atoms with E-state index < -0.39 is 23.1 Å². The molecule has 0 N–H and O–H groups in total. The van der Waals surface area contributed by atoms with E-state index in [4.69, 9.17) is 16.3 Å². The van der Waals surface area contributed by atoms with Crippen molar-refractivity contribution in [2.75, 3.05) is 24.6 Å². The molecule has 0 saturated carbocycles. The number of anilines is 1. The molecule has 35 heavy (non-hydrogen) atoms. The summed E-state index contributed by atoms with van der Waals surface area (Å²) in [6.07, 6.45) is 0.130. The Kier molecular flexibility index (Phi) is 6.46. The molecule has 3 aliphatic rings. The van der Waals surface area contributed by atoms with Crippen LogP contribution in [0.15, 0.2) is 59.0 Å². The highest BCUT2D eigenvalue weighted by Crippen LogP contribution is 2.51. The first-order valence-corrected chi connectivity index (χ1v) is 12.6. The highest BCUT2D eigenvalue weighted by atomic mass is 35.5. The number of carbonyl (C=O) groups is 3. The van der Waals surface area contributed by atoms with Gasteiger partial charge in [0, 0.05) is 23.0 Å². The van der Waals surface area contributed by atoms with Crippen LogP contribution in [0.5, 0.6) is 0 Å². The lowest BCUT2D eigenvalue weighted by Gasteiger charge is -2.42. The monoisotopic (exact) mass is 515 g/mol. The van der Waals surface area contributed by atoms with Gasteiger partial charge in [0.25, 0.3) is 0 Å². The molecule has 0 spiro atoms. The van der Waals surface area contributed by atoms with Crippen molar-refractivity contribution < 1.29 is 23.5 Å². The predicted octanol–water partition coefficient (Wildman–Crippen LogP) is 5.25. The summed E-state index contributed by atoms with van der Waals surface area (Å²) in [4.78, 5) is 45.1. The lowest BCUT2D eigenvalue weighted by atomic mass is 9.90. The number of ether oxygens (including phenoxy) is 1. The minimum absolute atomic E-state index is 0.251. The summed E-state index contributed by atoms with van der Waals surface area (Å²) in [5.74, 6) is -1.34. The number of rotatable bonds is 4. The lowest BCUT2D eigenvalue weighted by Crippen LogP contribution is -2.60. The van der Waals surface area contributed by atoms with Crippen molar-refractivity contribution in [1.29, 1.82) is 0 Å². The number of benzene rings is 2. The van der Waals surface area contributed by atoms with Crippen LogP contribution in [0.1, 0.15) is 18.9 Å². The van der Waals surface area contributed by atoms with Crippen molar-refractivity contribution in [2.24, 2.45) is 5.92 Å². The van der Waals surface area contributed by atoms with Gasteiger partial charge in [0.15, 0.2) is 0 Å². The number of amides is 4. The largest absolute Gasteiger partial charge is 0.450 e. The second-order valence-electron chi connectivity index (χ2n) is 8.50. The summed E-state index contributed by atoms with van der Waals surface area (Å²) in [5, 5.41) is 0.106. The van der Waals surface area contributed by atoms with Crippen LogP contribution in [0.2, 0.25) is 5.02 Å². The van der Waals surface area contributed by atoms with Crippen LogP contribution in [0.25, 0.3) is 0 Å². The van der Waals surface area contributed by atoms with Crippen LogP contribution in [0.4, 0.5) is 19.7 Å². The van der Waals surface area contributed by atoms with Gasteiger partial charge < -0.3 is 14.5 Å². The third-order valence-corrected chi connectivity index (χ3v) is 8.03. The van der Waals surface area contributed by atoms with Crippen LogP contribution in [-0.4, -0.2) is 52.9 Å². The Labute approximate surface area is 211 Å². The molecule has 2 atom stereocenters. The van der Waals surface area contributed by atoms with Gasteiger partial charge >= 0.3 is 12.1 Å². The molecule has 3 heterocycles. The Bertz CT molecular complexity index is 1220. The van der Waals surface area contributed by atoms with Gasteiger partial charge in [-0.05, 0) is 60.9 Å². The number of hydrogen-bond donors (Lipinski definition) is 0. The van der Waals surface area contributed by atoms with E-state index in [1.807, 2.05) is 12.1 Å². The Balaban J connectivity index is 1.51. The molecule has 0 radical (unpaired) electrons. The fourth-order valence-electron chi connectivity index (χ4n) is 4.75. The fourth-order valence-corrected chi connectivity index (χ4v) is 6.57. The SMILES string of the molecule is CCOC(=O)N1CCC2=C(C1)SC1C2C(=O)N(c2ccc(F)cc2)C(=O)N1Cc1cccc(Cl)c1. The van der Waals surface area contributed by atoms with Gasteiger partial charge in [0.1, 0.15) is 5.82 Å². The zero-order valence-electron chi connectivity index (χ0n) is 18.9. The summed E-state index contributed by atoms with van der Waals surface area (Å²) in [7, 11) is 0. The number of hydrogen-bond acceptors (Lipinski definition) is 5. The second-order valence-corrected chi connectivity index (χ2v) is 10.1. The first-order valence-electron chi connectivity index (χ1n) is 11.3. The molecular weight excluding hydrogens is 493 g/mol. The van der Waals surface area contributed by atoms with E-state index in [0.717, 1.165) is 20.9 Å². The molecule has 4 amide bonds. The highest BCUT2D eigenvalue weighted by molar-refractivity contribution is 8.04. The molecule has 5 rings (SSSR count). The van der Waals surface area contributed by atoms with Crippen molar-refractivity contribution in [3.05, 3.63) is 75.4 Å². The van der Waals surface area contributed by atoms with Crippen LogP contribution >= 0.6 is 23.4 Å². The molecule has 2 unspecified atom stereocenters. The Morgan fingerprint density at radius 3 is 2.69 bits per heavy atom. The molecule has 182 valence electrons. The smallest absolute Gasteiger partial charge is 0.410 e. The van der Waals surface area contributed by atoms with E-state index in [0.29, 0.717) is 30.2 Å². The van der Waals surface area contributed by atoms with Crippen LogP contribution in [-0.2, 0) is 16.1 Å². The molecule has 0 aliphatic carbocycles. The number of thioether (sulfide) groups is 1. The highest BCUT2D eigenvalue weighted by Gasteiger charge is 2.53. The molecule has 0 aromatic heterocycles. The topological polar surface area (TPSA) is 70.2 Å². The minimum atomic E-state index is -0.554. The zero-order chi connectivity index (χ0) is 24.7. The summed E-state index contributed by atoms with van der Waals surface area (Å²) in [6.45, 7) is 3.07. The Hall–Kier alpha value is -3.04. The van der Waals surface area contributed by atoms with Crippen molar-refractivity contribution in [3.63, 3.8) is 0 Å². The lowest BCUT2D eigenvalue weighted by molar-refractivity contribution is -0.122. The Morgan fingerprint density at radius 2 is 1.97 bits per heavy atom. The van der Waals surface area contributed by atoms with E-state index in [-0.39, 0.29) is 25.2 Å². The minimum Gasteiger partial charge on any atom is -0.450 e. The predicted molar refractivity (Wildman–Crippen MR) is 131 cm³/mol. The number of halogens is 2. The van der Waals surface area contributed by atoms with Crippen molar-refractivity contribution in [1.82, 2.24) is 9.80 Å². The van der Waals surface area contributed by atoms with Crippen LogP contribution in [0, 0.1) is 11.7 Å². The fraction of sp³-hybridized carbons (Fsp3) is 0.320. The average Bonchev–Trinajstić information content (AvgIpc) is 3.22. The van der Waals surface area contributed by atoms with Gasteiger partial charge in [-0.3, -0.25) is 4.79 Å². The van der Waals surface area contributed by atoms with E-state index in [1.165, 1.54) is 36.0 Å². The van der Waals surface area contributed by atoms with Gasteiger partial charge in [-0.2, -0.15) is 0 Å². The number of imide groups is 1. The van der Waals surface area contributed by atoms with E-state index in [1.54, 1.807) is 28.9 Å². The average molecular weight is 516 g/mol. The summed E-state index contributed by atoms with van der Waals surface area (Å²) < 4.78 is 18.7. The standard InChI is InChI=1S/C25H23ClFN3O4S/c1-2-34-25(33)28-11-10-19-20(14-28)35-23-21(19)22(31)30(18-8-6-17(27)7-9-18)24(32)29(23)13-15-4-3-5-16(26)12-15/h3-9,12,21,23H,2,10-11,13-14H2,1H3. The summed E-state index contributed by atoms with van der Waals surface area (Å²) in [5.41, 5.74) is 2.09. The number of carbonyl (C=O) groups excluding carboxylic acids is 3.